The summed E-state index contributed by atoms with van der Waals surface area (Å²) < 4.78 is 24.0. The van der Waals surface area contributed by atoms with Crippen LogP contribution in [-0.4, -0.2) is 35.9 Å². The SMILES string of the molecule is CCC(NP(=O)(CCCNC(=O)OCc1ccccc1)Oc1ccccc1)C(=O)O. The lowest BCUT2D eigenvalue weighted by Crippen LogP contribution is -2.36. The first-order chi connectivity index (χ1) is 14.4. The molecule has 162 valence electrons. The van der Waals surface area contributed by atoms with E-state index in [1.807, 2.05) is 30.3 Å². The molecule has 30 heavy (non-hydrogen) atoms. The fourth-order valence-electron chi connectivity index (χ4n) is 2.60. The van der Waals surface area contributed by atoms with Gasteiger partial charge >= 0.3 is 19.6 Å². The highest BCUT2D eigenvalue weighted by Gasteiger charge is 2.30. The topological polar surface area (TPSA) is 114 Å². The van der Waals surface area contributed by atoms with E-state index in [1.165, 1.54) is 0 Å². The molecule has 0 fully saturated rings. The zero-order chi connectivity index (χ0) is 21.8. The Morgan fingerprint density at radius 3 is 2.30 bits per heavy atom. The summed E-state index contributed by atoms with van der Waals surface area (Å²) in [5.74, 6) is -0.721. The van der Waals surface area contributed by atoms with Crippen LogP contribution in [0.2, 0.25) is 0 Å². The molecule has 2 unspecified atom stereocenters. The molecule has 0 aromatic heterocycles. The highest BCUT2D eigenvalue weighted by atomic mass is 31.2. The second-order valence-electron chi connectivity index (χ2n) is 6.57. The van der Waals surface area contributed by atoms with Crippen LogP contribution in [0, 0.1) is 0 Å². The minimum Gasteiger partial charge on any atom is -0.480 e. The lowest BCUT2D eigenvalue weighted by molar-refractivity contribution is -0.139. The van der Waals surface area contributed by atoms with Gasteiger partial charge in [0, 0.05) is 6.54 Å². The minimum atomic E-state index is -3.51. The van der Waals surface area contributed by atoms with E-state index in [0.29, 0.717) is 12.2 Å². The quantitative estimate of drug-likeness (QED) is 0.341. The highest BCUT2D eigenvalue weighted by molar-refractivity contribution is 7.57. The van der Waals surface area contributed by atoms with E-state index in [2.05, 4.69) is 10.4 Å². The highest BCUT2D eigenvalue weighted by Crippen LogP contribution is 2.44. The molecule has 2 rings (SSSR count). The number of carboxylic acid groups (broad SMARTS) is 1. The molecule has 1 amide bonds. The molecular formula is C21H27N2O6P. The van der Waals surface area contributed by atoms with Crippen molar-refractivity contribution < 1.29 is 28.5 Å². The third kappa shape index (κ3) is 8.27. The smallest absolute Gasteiger partial charge is 0.407 e. The summed E-state index contributed by atoms with van der Waals surface area (Å²) in [6, 6.07) is 16.8. The van der Waals surface area contributed by atoms with E-state index >= 15 is 0 Å². The average Bonchev–Trinajstić information content (AvgIpc) is 2.75. The molecule has 0 saturated carbocycles. The number of carbonyl (C=O) groups is 2. The van der Waals surface area contributed by atoms with Gasteiger partial charge in [0.1, 0.15) is 18.4 Å². The Labute approximate surface area is 176 Å². The second kappa shape index (κ2) is 12.0. The van der Waals surface area contributed by atoms with Crippen molar-refractivity contribution in [3.05, 3.63) is 66.2 Å². The molecule has 0 spiro atoms. The lowest BCUT2D eigenvalue weighted by Gasteiger charge is -2.24. The molecule has 3 N–H and O–H groups in total. The van der Waals surface area contributed by atoms with Crippen LogP contribution in [0.1, 0.15) is 25.3 Å². The second-order valence-corrected chi connectivity index (χ2v) is 8.81. The van der Waals surface area contributed by atoms with Gasteiger partial charge < -0.3 is 19.7 Å². The van der Waals surface area contributed by atoms with Crippen molar-refractivity contribution in [2.75, 3.05) is 12.7 Å². The summed E-state index contributed by atoms with van der Waals surface area (Å²) in [5, 5.41) is 14.5. The Bertz CT molecular complexity index is 847. The van der Waals surface area contributed by atoms with E-state index in [1.54, 1.807) is 37.3 Å². The van der Waals surface area contributed by atoms with Crippen LogP contribution < -0.4 is 14.9 Å². The Hall–Kier alpha value is -2.83. The first kappa shape index (κ1) is 23.4. The molecular weight excluding hydrogens is 407 g/mol. The summed E-state index contributed by atoms with van der Waals surface area (Å²) >= 11 is 0. The van der Waals surface area contributed by atoms with Crippen LogP contribution in [0.15, 0.2) is 60.7 Å². The molecule has 2 aromatic rings. The van der Waals surface area contributed by atoms with Gasteiger partial charge in [-0.3, -0.25) is 9.36 Å². The lowest BCUT2D eigenvalue weighted by atomic mass is 10.2. The van der Waals surface area contributed by atoms with Crippen LogP contribution >= 0.6 is 7.52 Å². The summed E-state index contributed by atoms with van der Waals surface area (Å²) in [6.45, 7) is 2.05. The summed E-state index contributed by atoms with van der Waals surface area (Å²) in [6.07, 6.45) is 0.0300. The van der Waals surface area contributed by atoms with Gasteiger partial charge in [-0.15, -0.1) is 0 Å². The maximum absolute atomic E-state index is 13.3. The fraction of sp³-hybridized carbons (Fsp3) is 0.333. The van der Waals surface area contributed by atoms with Gasteiger partial charge in [0.25, 0.3) is 0 Å². The number of carbonyl (C=O) groups excluding carboxylic acids is 1. The normalized spacial score (nSPS) is 13.6. The van der Waals surface area contributed by atoms with E-state index in [4.69, 9.17) is 9.26 Å². The van der Waals surface area contributed by atoms with Gasteiger partial charge in [-0.2, -0.15) is 0 Å². The van der Waals surface area contributed by atoms with Crippen molar-refractivity contribution in [1.82, 2.24) is 10.4 Å². The Kier molecular flexibility index (Phi) is 9.38. The Morgan fingerprint density at radius 2 is 1.70 bits per heavy atom. The molecule has 0 heterocycles. The molecule has 8 nitrogen and oxygen atoms in total. The van der Waals surface area contributed by atoms with Crippen molar-refractivity contribution in [2.24, 2.45) is 0 Å². The van der Waals surface area contributed by atoms with Crippen LogP contribution in [0.25, 0.3) is 0 Å². The zero-order valence-corrected chi connectivity index (χ0v) is 17.7. The van der Waals surface area contributed by atoms with Crippen LogP contribution in [0.4, 0.5) is 4.79 Å². The number of carboxylic acids is 1. The number of alkyl carbamates (subject to hydrolysis) is 1. The number of nitrogens with one attached hydrogen (secondary N) is 2. The van der Waals surface area contributed by atoms with E-state index < -0.39 is 25.6 Å². The van der Waals surface area contributed by atoms with Gasteiger partial charge in [0.05, 0.1) is 6.16 Å². The number of benzene rings is 2. The van der Waals surface area contributed by atoms with E-state index in [0.717, 1.165) is 5.56 Å². The maximum atomic E-state index is 13.3. The molecule has 0 aliphatic heterocycles. The first-order valence-electron chi connectivity index (χ1n) is 9.70. The minimum absolute atomic E-state index is 0.0463. The Morgan fingerprint density at radius 1 is 1.07 bits per heavy atom. The van der Waals surface area contributed by atoms with Gasteiger partial charge in [-0.1, -0.05) is 55.5 Å². The van der Waals surface area contributed by atoms with Gasteiger partial charge in [-0.05, 0) is 30.5 Å². The molecule has 0 radical (unpaired) electrons. The van der Waals surface area contributed by atoms with Crippen molar-refractivity contribution in [1.29, 1.82) is 0 Å². The molecule has 0 bridgehead atoms. The number of rotatable bonds is 12. The van der Waals surface area contributed by atoms with Gasteiger partial charge in [-0.25, -0.2) is 9.88 Å². The molecule has 0 aliphatic rings. The molecule has 9 heteroatoms. The largest absolute Gasteiger partial charge is 0.480 e. The molecule has 2 atom stereocenters. The van der Waals surface area contributed by atoms with E-state index in [9.17, 15) is 19.3 Å². The zero-order valence-electron chi connectivity index (χ0n) is 16.8. The summed E-state index contributed by atoms with van der Waals surface area (Å²) in [4.78, 5) is 23.2. The van der Waals surface area contributed by atoms with E-state index in [-0.39, 0.29) is 25.7 Å². The van der Waals surface area contributed by atoms with Crippen LogP contribution in [-0.2, 0) is 20.7 Å². The van der Waals surface area contributed by atoms with Crippen molar-refractivity contribution in [3.8, 4) is 5.75 Å². The molecule has 2 aromatic carbocycles. The number of ether oxygens (including phenoxy) is 1. The average molecular weight is 434 g/mol. The van der Waals surface area contributed by atoms with Gasteiger partial charge in [0.15, 0.2) is 0 Å². The Balaban J connectivity index is 1.86. The van der Waals surface area contributed by atoms with Crippen molar-refractivity contribution in [2.45, 2.75) is 32.4 Å². The van der Waals surface area contributed by atoms with Crippen molar-refractivity contribution >= 4 is 19.6 Å². The predicted octanol–water partition coefficient (Wildman–Crippen LogP) is 4.03. The maximum Gasteiger partial charge on any atom is 0.407 e. The van der Waals surface area contributed by atoms with Gasteiger partial charge in [0.2, 0.25) is 0 Å². The molecule has 0 aliphatic carbocycles. The third-order valence-electron chi connectivity index (χ3n) is 4.17. The number of aliphatic carboxylic acids is 1. The van der Waals surface area contributed by atoms with Crippen LogP contribution in [0.3, 0.4) is 0 Å². The predicted molar refractivity (Wildman–Crippen MR) is 114 cm³/mol. The third-order valence-corrected chi connectivity index (χ3v) is 6.28. The number of hydrogen-bond donors (Lipinski definition) is 3. The van der Waals surface area contributed by atoms with Crippen molar-refractivity contribution in [3.63, 3.8) is 0 Å². The molecule has 0 saturated heterocycles. The summed E-state index contributed by atoms with van der Waals surface area (Å²) in [5.41, 5.74) is 0.872. The fourth-order valence-corrected chi connectivity index (χ4v) is 4.68. The standard InChI is InChI=1S/C21H27N2O6P/c1-2-19(20(24)25)23-30(27,29-18-12-7-4-8-13-18)15-9-14-22-21(26)28-16-17-10-5-3-6-11-17/h3-8,10-13,19H,2,9,14-16H2,1H3,(H,22,26)(H,23,27)(H,24,25). The summed E-state index contributed by atoms with van der Waals surface area (Å²) in [7, 11) is -3.51. The number of para-hydroxylation sites is 1. The number of amides is 1. The number of hydrogen-bond acceptors (Lipinski definition) is 5. The monoisotopic (exact) mass is 434 g/mol. The van der Waals surface area contributed by atoms with Crippen LogP contribution in [0.5, 0.6) is 5.75 Å². The first-order valence-corrected chi connectivity index (χ1v) is 11.5.